The molecule has 0 amide bonds. The summed E-state index contributed by atoms with van der Waals surface area (Å²) in [4.78, 5) is 2.57. The number of unbranched alkanes of at least 4 members (excludes halogenated alkanes) is 1. The van der Waals surface area contributed by atoms with E-state index < -0.39 is 0 Å². The average Bonchev–Trinajstić information content (AvgIpc) is 2.25. The molecule has 0 aromatic rings. The van der Waals surface area contributed by atoms with E-state index in [4.69, 9.17) is 5.73 Å². The van der Waals surface area contributed by atoms with Gasteiger partial charge in [-0.3, -0.25) is 0 Å². The molecule has 0 saturated heterocycles. The minimum absolute atomic E-state index is 0.380. The summed E-state index contributed by atoms with van der Waals surface area (Å²) in [5, 5.41) is 0. The summed E-state index contributed by atoms with van der Waals surface area (Å²) < 4.78 is 0. The summed E-state index contributed by atoms with van der Waals surface area (Å²) in [5.41, 5.74) is 5.74. The first-order chi connectivity index (χ1) is 7.20. The first-order valence-corrected chi connectivity index (χ1v) is 6.66. The van der Waals surface area contributed by atoms with E-state index in [0.29, 0.717) is 6.04 Å². The number of nitrogens with zero attached hydrogens (tertiary/aromatic N) is 1. The van der Waals surface area contributed by atoms with Crippen LogP contribution < -0.4 is 5.73 Å². The first kappa shape index (κ1) is 13.0. The number of rotatable bonds is 6. The van der Waals surface area contributed by atoms with E-state index in [9.17, 15) is 0 Å². The Morgan fingerprint density at radius 3 is 2.47 bits per heavy atom. The molecule has 0 spiro atoms. The number of hydrogen-bond acceptors (Lipinski definition) is 2. The van der Waals surface area contributed by atoms with Gasteiger partial charge >= 0.3 is 0 Å². The lowest BCUT2D eigenvalue weighted by Gasteiger charge is -2.31. The minimum atomic E-state index is 0.380. The highest BCUT2D eigenvalue weighted by molar-refractivity contribution is 4.73. The van der Waals surface area contributed by atoms with E-state index in [0.717, 1.165) is 6.04 Å². The Morgan fingerprint density at radius 2 is 1.87 bits per heavy atom. The molecular weight excluding hydrogens is 184 g/mol. The zero-order valence-electron chi connectivity index (χ0n) is 10.5. The van der Waals surface area contributed by atoms with Crippen LogP contribution in [0.15, 0.2) is 0 Å². The van der Waals surface area contributed by atoms with Gasteiger partial charge in [0.05, 0.1) is 0 Å². The molecule has 1 rings (SSSR count). The van der Waals surface area contributed by atoms with Gasteiger partial charge in [0, 0.05) is 12.1 Å². The molecule has 1 unspecified atom stereocenters. The van der Waals surface area contributed by atoms with Crippen LogP contribution in [0.5, 0.6) is 0 Å². The molecule has 0 heterocycles. The largest absolute Gasteiger partial charge is 0.328 e. The molecule has 2 heteroatoms. The van der Waals surface area contributed by atoms with Gasteiger partial charge in [0.1, 0.15) is 0 Å². The molecule has 1 aliphatic carbocycles. The minimum Gasteiger partial charge on any atom is -0.328 e. The van der Waals surface area contributed by atoms with Crippen molar-refractivity contribution in [1.29, 1.82) is 0 Å². The van der Waals surface area contributed by atoms with Crippen molar-refractivity contribution in [1.82, 2.24) is 4.90 Å². The summed E-state index contributed by atoms with van der Waals surface area (Å²) in [7, 11) is 2.29. The normalized spacial score (nSPS) is 20.8. The van der Waals surface area contributed by atoms with Gasteiger partial charge in [-0.1, -0.05) is 25.7 Å². The second-order valence-corrected chi connectivity index (χ2v) is 5.25. The molecule has 0 aliphatic heterocycles. The molecule has 0 aromatic carbocycles. The highest BCUT2D eigenvalue weighted by Gasteiger charge is 2.16. The van der Waals surface area contributed by atoms with Gasteiger partial charge in [0.15, 0.2) is 0 Å². The van der Waals surface area contributed by atoms with Crippen LogP contribution in [0.4, 0.5) is 0 Å². The van der Waals surface area contributed by atoms with Crippen LogP contribution in [0.3, 0.4) is 0 Å². The molecule has 0 aromatic heterocycles. The van der Waals surface area contributed by atoms with Crippen LogP contribution in [-0.4, -0.2) is 30.6 Å². The second kappa shape index (κ2) is 7.24. The molecule has 1 fully saturated rings. The number of nitrogens with two attached hydrogens (primary N) is 1. The van der Waals surface area contributed by atoms with E-state index in [1.165, 1.54) is 57.9 Å². The average molecular weight is 212 g/mol. The lowest BCUT2D eigenvalue weighted by atomic mass is 9.94. The summed E-state index contributed by atoms with van der Waals surface area (Å²) in [6.45, 7) is 3.36. The van der Waals surface area contributed by atoms with Gasteiger partial charge < -0.3 is 10.6 Å². The molecule has 1 atom stereocenters. The zero-order valence-corrected chi connectivity index (χ0v) is 10.5. The summed E-state index contributed by atoms with van der Waals surface area (Å²) >= 11 is 0. The monoisotopic (exact) mass is 212 g/mol. The molecule has 0 radical (unpaired) electrons. The molecule has 1 aliphatic rings. The quantitative estimate of drug-likeness (QED) is 0.686. The molecule has 90 valence electrons. The van der Waals surface area contributed by atoms with E-state index in [1.807, 2.05) is 0 Å². The van der Waals surface area contributed by atoms with Crippen LogP contribution in [0, 0.1) is 0 Å². The maximum absolute atomic E-state index is 5.74. The molecule has 15 heavy (non-hydrogen) atoms. The third-order valence-corrected chi connectivity index (χ3v) is 3.62. The van der Waals surface area contributed by atoms with Crippen molar-refractivity contribution in [3.05, 3.63) is 0 Å². The third kappa shape index (κ3) is 5.53. The Morgan fingerprint density at radius 1 is 1.20 bits per heavy atom. The van der Waals surface area contributed by atoms with Gasteiger partial charge in [0.25, 0.3) is 0 Å². The standard InChI is InChI=1S/C13H28N2/c1-12(14)8-6-7-11-15(2)13-9-4-3-5-10-13/h12-13H,3-11,14H2,1-2H3. The Balaban J connectivity index is 2.04. The molecule has 2 nitrogen and oxygen atoms in total. The fourth-order valence-corrected chi connectivity index (χ4v) is 2.53. The van der Waals surface area contributed by atoms with Crippen molar-refractivity contribution in [2.75, 3.05) is 13.6 Å². The molecule has 0 bridgehead atoms. The van der Waals surface area contributed by atoms with Gasteiger partial charge in [-0.15, -0.1) is 0 Å². The summed E-state index contributed by atoms with van der Waals surface area (Å²) in [6.07, 6.45) is 11.0. The molecular formula is C13H28N2. The fourth-order valence-electron chi connectivity index (χ4n) is 2.53. The Kier molecular flexibility index (Phi) is 6.26. The summed E-state index contributed by atoms with van der Waals surface area (Å²) in [6, 6.07) is 1.25. The highest BCUT2D eigenvalue weighted by Crippen LogP contribution is 2.21. The van der Waals surface area contributed by atoms with Crippen molar-refractivity contribution in [2.24, 2.45) is 5.73 Å². The van der Waals surface area contributed by atoms with Gasteiger partial charge in [-0.05, 0) is 46.2 Å². The topological polar surface area (TPSA) is 29.3 Å². The number of hydrogen-bond donors (Lipinski definition) is 1. The van der Waals surface area contributed by atoms with Crippen molar-refractivity contribution in [2.45, 2.75) is 70.4 Å². The smallest absolute Gasteiger partial charge is 0.00922 e. The van der Waals surface area contributed by atoms with Crippen LogP contribution in [0.1, 0.15) is 58.3 Å². The second-order valence-electron chi connectivity index (χ2n) is 5.25. The fraction of sp³-hybridized carbons (Fsp3) is 1.00. The van der Waals surface area contributed by atoms with E-state index >= 15 is 0 Å². The van der Waals surface area contributed by atoms with Crippen LogP contribution in [0.25, 0.3) is 0 Å². The Hall–Kier alpha value is -0.0800. The zero-order chi connectivity index (χ0) is 11.1. The highest BCUT2D eigenvalue weighted by atomic mass is 15.1. The Bertz CT molecular complexity index is 151. The molecule has 2 N–H and O–H groups in total. The Labute approximate surface area is 95.2 Å². The van der Waals surface area contributed by atoms with Crippen LogP contribution >= 0.6 is 0 Å². The predicted molar refractivity (Wildman–Crippen MR) is 67.0 cm³/mol. The van der Waals surface area contributed by atoms with Crippen LogP contribution in [0.2, 0.25) is 0 Å². The van der Waals surface area contributed by atoms with Crippen LogP contribution in [-0.2, 0) is 0 Å². The SMILES string of the molecule is CC(N)CCCCN(C)C1CCCCC1. The lowest BCUT2D eigenvalue weighted by molar-refractivity contribution is 0.188. The van der Waals surface area contributed by atoms with Gasteiger partial charge in [0.2, 0.25) is 0 Å². The predicted octanol–water partition coefficient (Wildman–Crippen LogP) is 2.77. The van der Waals surface area contributed by atoms with Crippen molar-refractivity contribution >= 4 is 0 Å². The van der Waals surface area contributed by atoms with Crippen molar-refractivity contribution in [3.63, 3.8) is 0 Å². The summed E-state index contributed by atoms with van der Waals surface area (Å²) in [5.74, 6) is 0. The van der Waals surface area contributed by atoms with E-state index in [-0.39, 0.29) is 0 Å². The maximum atomic E-state index is 5.74. The first-order valence-electron chi connectivity index (χ1n) is 6.66. The maximum Gasteiger partial charge on any atom is 0.00922 e. The van der Waals surface area contributed by atoms with Crippen molar-refractivity contribution < 1.29 is 0 Å². The van der Waals surface area contributed by atoms with Crippen molar-refractivity contribution in [3.8, 4) is 0 Å². The lowest BCUT2D eigenvalue weighted by Crippen LogP contribution is -2.34. The van der Waals surface area contributed by atoms with Gasteiger partial charge in [-0.2, -0.15) is 0 Å². The van der Waals surface area contributed by atoms with E-state index in [2.05, 4.69) is 18.9 Å². The molecule has 1 saturated carbocycles. The third-order valence-electron chi connectivity index (χ3n) is 3.62. The van der Waals surface area contributed by atoms with Gasteiger partial charge in [-0.25, -0.2) is 0 Å². The van der Waals surface area contributed by atoms with E-state index in [1.54, 1.807) is 0 Å².